The highest BCUT2D eigenvalue weighted by atomic mass is 127. The number of rotatable bonds is 6. The van der Waals surface area contributed by atoms with Gasteiger partial charge in [0.25, 0.3) is 0 Å². The Bertz CT molecular complexity index is 701. The van der Waals surface area contributed by atoms with Crippen LogP contribution in [0.2, 0.25) is 0 Å². The number of benzene rings is 2. The zero-order chi connectivity index (χ0) is 16.8. The van der Waals surface area contributed by atoms with E-state index >= 15 is 0 Å². The highest BCUT2D eigenvalue weighted by Gasteiger charge is 2.14. The molecular formula is C22H25IN2. The van der Waals surface area contributed by atoms with E-state index in [1.54, 1.807) is 0 Å². The molecule has 0 aliphatic heterocycles. The molecule has 1 heterocycles. The molecule has 2 nitrogen and oxygen atoms in total. The van der Waals surface area contributed by atoms with Crippen LogP contribution < -0.4 is 34.3 Å². The minimum atomic E-state index is 0. The van der Waals surface area contributed by atoms with Crippen LogP contribution in [-0.4, -0.2) is 0 Å². The van der Waals surface area contributed by atoms with Gasteiger partial charge >= 0.3 is 0 Å². The number of nitrogens with zero attached hydrogens (tertiary/aromatic N) is 1. The van der Waals surface area contributed by atoms with E-state index in [4.69, 9.17) is 5.73 Å². The van der Waals surface area contributed by atoms with Gasteiger partial charge in [0.05, 0.1) is 0 Å². The largest absolute Gasteiger partial charge is 1.00 e. The molecule has 0 aliphatic rings. The van der Waals surface area contributed by atoms with E-state index in [1.807, 2.05) is 11.5 Å². The van der Waals surface area contributed by atoms with E-state index in [0.717, 1.165) is 12.8 Å². The highest BCUT2D eigenvalue weighted by molar-refractivity contribution is 5.32. The van der Waals surface area contributed by atoms with Crippen molar-refractivity contribution in [2.45, 2.75) is 31.8 Å². The molecule has 130 valence electrons. The van der Waals surface area contributed by atoms with Crippen LogP contribution in [0.4, 0.5) is 0 Å². The fourth-order valence-corrected chi connectivity index (χ4v) is 3.11. The van der Waals surface area contributed by atoms with E-state index in [1.165, 1.54) is 16.7 Å². The van der Waals surface area contributed by atoms with Gasteiger partial charge in [0, 0.05) is 25.0 Å². The van der Waals surface area contributed by atoms with E-state index in [0.29, 0.717) is 5.92 Å². The molecule has 1 atom stereocenters. The number of nitrogens with two attached hydrogens (primary N) is 1. The van der Waals surface area contributed by atoms with Gasteiger partial charge in [-0.05, 0) is 29.5 Å². The summed E-state index contributed by atoms with van der Waals surface area (Å²) < 4.78 is 2.02. The number of hydrogen-bond donors (Lipinski definition) is 1. The summed E-state index contributed by atoms with van der Waals surface area (Å²) >= 11 is 0. The molecule has 1 unspecified atom stereocenters. The van der Waals surface area contributed by atoms with Crippen LogP contribution in [0.5, 0.6) is 0 Å². The molecule has 0 fully saturated rings. The van der Waals surface area contributed by atoms with Crippen LogP contribution >= 0.6 is 0 Å². The number of halogens is 1. The maximum absolute atomic E-state index is 5.90. The normalized spacial score (nSPS) is 11.8. The second-order valence-electron chi connectivity index (χ2n) is 6.31. The zero-order valence-corrected chi connectivity index (χ0v) is 16.7. The Balaban J connectivity index is 0.00000225. The molecule has 3 rings (SSSR count). The Hall–Kier alpha value is -1.72. The first-order chi connectivity index (χ1) is 11.7. The quantitative estimate of drug-likeness (QED) is 0.450. The average molecular weight is 444 g/mol. The Kier molecular flexibility index (Phi) is 7.59. The maximum Gasteiger partial charge on any atom is 0.206 e. The van der Waals surface area contributed by atoms with Gasteiger partial charge in [-0.3, -0.25) is 5.73 Å². The Morgan fingerprint density at radius 1 is 0.800 bits per heavy atom. The van der Waals surface area contributed by atoms with Crippen molar-refractivity contribution in [2.24, 2.45) is 5.73 Å². The molecule has 3 aromatic rings. The fraction of sp³-hybridized carbons (Fsp3) is 0.227. The summed E-state index contributed by atoms with van der Waals surface area (Å²) in [5.41, 5.74) is 10.0. The molecule has 0 aliphatic carbocycles. The predicted octanol–water partition coefficient (Wildman–Crippen LogP) is 1.22. The highest BCUT2D eigenvalue weighted by Crippen LogP contribution is 2.29. The maximum atomic E-state index is 5.90. The van der Waals surface area contributed by atoms with E-state index < -0.39 is 0 Å². The third-order valence-electron chi connectivity index (χ3n) is 4.52. The van der Waals surface area contributed by atoms with Crippen LogP contribution in [0, 0.1) is 0 Å². The van der Waals surface area contributed by atoms with Crippen molar-refractivity contribution in [3.05, 3.63) is 102 Å². The van der Waals surface area contributed by atoms with Crippen molar-refractivity contribution < 1.29 is 28.5 Å². The summed E-state index contributed by atoms with van der Waals surface area (Å²) in [6, 6.07) is 25.9. The van der Waals surface area contributed by atoms with Gasteiger partial charge in [-0.1, -0.05) is 60.7 Å². The third kappa shape index (κ3) is 5.38. The monoisotopic (exact) mass is 444 g/mol. The predicted molar refractivity (Wildman–Crippen MR) is 98.6 cm³/mol. The molecular weight excluding hydrogens is 419 g/mol. The number of aryl methyl sites for hydroxylation is 1. The minimum absolute atomic E-state index is 0. The van der Waals surface area contributed by atoms with Gasteiger partial charge in [-0.2, -0.15) is 4.57 Å². The summed E-state index contributed by atoms with van der Waals surface area (Å²) in [4.78, 5) is 0. The van der Waals surface area contributed by atoms with Crippen molar-refractivity contribution >= 4 is 0 Å². The van der Waals surface area contributed by atoms with Crippen LogP contribution in [0.3, 0.4) is 0 Å². The number of aromatic nitrogens is 1. The van der Waals surface area contributed by atoms with Gasteiger partial charge in [0.1, 0.15) is 0 Å². The van der Waals surface area contributed by atoms with Gasteiger partial charge in [-0.25, -0.2) is 0 Å². The Morgan fingerprint density at radius 2 is 1.28 bits per heavy atom. The summed E-state index contributed by atoms with van der Waals surface area (Å²) in [5, 5.41) is 0. The lowest BCUT2D eigenvalue weighted by atomic mass is 9.86. The molecule has 2 aromatic carbocycles. The fourth-order valence-electron chi connectivity index (χ4n) is 3.11. The summed E-state index contributed by atoms with van der Waals surface area (Å²) in [5.74, 6) is 0.424. The Morgan fingerprint density at radius 3 is 1.72 bits per heavy atom. The minimum Gasteiger partial charge on any atom is -1.00 e. The van der Waals surface area contributed by atoms with E-state index in [-0.39, 0.29) is 30.1 Å². The van der Waals surface area contributed by atoms with Crippen LogP contribution in [0.15, 0.2) is 85.2 Å². The van der Waals surface area contributed by atoms with Crippen molar-refractivity contribution in [1.82, 2.24) is 0 Å². The van der Waals surface area contributed by atoms with Gasteiger partial charge in [0.2, 0.25) is 6.17 Å². The van der Waals surface area contributed by atoms with Gasteiger partial charge in [-0.15, -0.1) is 0 Å². The first kappa shape index (κ1) is 19.6. The number of hydrogen-bond acceptors (Lipinski definition) is 1. The SMILES string of the molecule is CC(N)[n+]1ccc(CCC(c2ccccc2)c2ccccc2)cc1.[I-]. The molecule has 0 spiro atoms. The lowest BCUT2D eigenvalue weighted by Crippen LogP contribution is -3.00. The summed E-state index contributed by atoms with van der Waals surface area (Å²) in [6.45, 7) is 1.99. The first-order valence-electron chi connectivity index (χ1n) is 8.59. The average Bonchev–Trinajstić information content (AvgIpc) is 2.64. The van der Waals surface area contributed by atoms with Crippen molar-refractivity contribution in [2.75, 3.05) is 0 Å². The van der Waals surface area contributed by atoms with E-state index in [2.05, 4.69) is 85.2 Å². The smallest absolute Gasteiger partial charge is 0.206 e. The molecule has 3 heteroatoms. The lowest BCUT2D eigenvalue weighted by Gasteiger charge is -2.18. The topological polar surface area (TPSA) is 29.9 Å². The zero-order valence-electron chi connectivity index (χ0n) is 14.6. The molecule has 0 amide bonds. The van der Waals surface area contributed by atoms with Gasteiger partial charge in [0.15, 0.2) is 12.4 Å². The molecule has 25 heavy (non-hydrogen) atoms. The third-order valence-corrected chi connectivity index (χ3v) is 4.52. The lowest BCUT2D eigenvalue weighted by molar-refractivity contribution is -0.719. The molecule has 1 aromatic heterocycles. The second kappa shape index (κ2) is 9.68. The van der Waals surface area contributed by atoms with Gasteiger partial charge < -0.3 is 24.0 Å². The first-order valence-corrected chi connectivity index (χ1v) is 8.59. The summed E-state index contributed by atoms with van der Waals surface area (Å²) in [6.07, 6.45) is 6.30. The Labute approximate surface area is 167 Å². The molecule has 0 saturated heterocycles. The van der Waals surface area contributed by atoms with Crippen molar-refractivity contribution in [3.8, 4) is 0 Å². The van der Waals surface area contributed by atoms with Crippen molar-refractivity contribution in [3.63, 3.8) is 0 Å². The molecule has 2 N–H and O–H groups in total. The summed E-state index contributed by atoms with van der Waals surface area (Å²) in [7, 11) is 0. The van der Waals surface area contributed by atoms with Crippen molar-refractivity contribution in [1.29, 1.82) is 0 Å². The van der Waals surface area contributed by atoms with Crippen LogP contribution in [-0.2, 0) is 6.42 Å². The van der Waals surface area contributed by atoms with Crippen LogP contribution in [0.25, 0.3) is 0 Å². The van der Waals surface area contributed by atoms with E-state index in [9.17, 15) is 0 Å². The molecule has 0 bridgehead atoms. The molecule has 0 saturated carbocycles. The standard InChI is InChI=1S/C22H25N2.HI/c1-18(23)24-16-14-19(15-17-24)12-13-22(20-8-4-2-5-9-20)21-10-6-3-7-11-21;/h2-11,14-18,22H,12-13,23H2,1H3;1H/q+1;/p-1. The number of pyridine rings is 1. The molecule has 0 radical (unpaired) electrons. The van der Waals surface area contributed by atoms with Crippen LogP contribution in [0.1, 0.15) is 42.1 Å². The second-order valence-corrected chi connectivity index (χ2v) is 6.31.